The molecule has 2 nitrogen and oxygen atoms in total. The topological polar surface area (TPSA) is 16.4 Å². The Kier molecular flexibility index (Phi) is 6.39. The SMILES string of the molecule is c1ccc(-c2ccccc2N(c2cccc(-c3cccc4c3sc3ccccc34)c2)c2cccc3oc4c5ccccc5ccc4c23)cc1. The average Bonchev–Trinajstić information content (AvgIpc) is 3.75. The van der Waals surface area contributed by atoms with Gasteiger partial charge in [-0.25, -0.2) is 0 Å². The van der Waals surface area contributed by atoms with E-state index in [1.807, 2.05) is 11.3 Å². The molecule has 10 aromatic rings. The first-order chi connectivity index (χ1) is 24.3. The molecule has 0 spiro atoms. The summed E-state index contributed by atoms with van der Waals surface area (Å²) in [6.07, 6.45) is 0. The molecule has 230 valence electrons. The molecule has 10 rings (SSSR count). The molecule has 0 amide bonds. The number of furan rings is 1. The average molecular weight is 644 g/mol. The van der Waals surface area contributed by atoms with Crippen LogP contribution < -0.4 is 4.90 Å². The number of fused-ring (bicyclic) bond motifs is 8. The number of anilines is 3. The summed E-state index contributed by atoms with van der Waals surface area (Å²) in [6, 6.07) is 63.1. The van der Waals surface area contributed by atoms with E-state index < -0.39 is 0 Å². The highest BCUT2D eigenvalue weighted by Gasteiger charge is 2.23. The lowest BCUT2D eigenvalue weighted by Gasteiger charge is -2.29. The van der Waals surface area contributed by atoms with E-state index in [1.54, 1.807) is 0 Å². The maximum Gasteiger partial charge on any atom is 0.143 e. The zero-order valence-corrected chi connectivity index (χ0v) is 27.3. The number of benzene rings is 8. The summed E-state index contributed by atoms with van der Waals surface area (Å²) < 4.78 is 9.31. The van der Waals surface area contributed by atoms with E-state index in [-0.39, 0.29) is 0 Å². The van der Waals surface area contributed by atoms with Crippen molar-refractivity contribution in [1.29, 1.82) is 0 Å². The number of hydrogen-bond acceptors (Lipinski definition) is 3. The van der Waals surface area contributed by atoms with E-state index in [9.17, 15) is 0 Å². The van der Waals surface area contributed by atoms with Crippen molar-refractivity contribution in [2.24, 2.45) is 0 Å². The largest absolute Gasteiger partial charge is 0.455 e. The van der Waals surface area contributed by atoms with Gasteiger partial charge < -0.3 is 9.32 Å². The second kappa shape index (κ2) is 11.2. The van der Waals surface area contributed by atoms with E-state index in [4.69, 9.17) is 4.42 Å². The standard InChI is InChI=1S/C46H29NOS/c1-2-13-30(14-3-1)34-18-6-8-23-40(34)47(41-24-12-25-42-44(41)39-28-27-31-15-4-5-19-35(31)45(39)48-42)33-17-10-16-32(29-33)36-21-11-22-38-37-20-7-9-26-43(37)49-46(36)38/h1-29H. The molecule has 0 saturated carbocycles. The van der Waals surface area contributed by atoms with Crippen molar-refractivity contribution in [2.75, 3.05) is 4.90 Å². The molecule has 0 saturated heterocycles. The van der Waals surface area contributed by atoms with E-state index in [0.29, 0.717) is 0 Å². The molecular formula is C46H29NOS. The van der Waals surface area contributed by atoms with E-state index in [1.165, 1.54) is 42.2 Å². The van der Waals surface area contributed by atoms with E-state index >= 15 is 0 Å². The summed E-state index contributed by atoms with van der Waals surface area (Å²) in [7, 11) is 0. The minimum Gasteiger partial charge on any atom is -0.455 e. The van der Waals surface area contributed by atoms with Crippen molar-refractivity contribution in [1.82, 2.24) is 0 Å². The Balaban J connectivity index is 1.25. The summed E-state index contributed by atoms with van der Waals surface area (Å²) >= 11 is 1.87. The van der Waals surface area contributed by atoms with Crippen LogP contribution >= 0.6 is 11.3 Å². The predicted octanol–water partition coefficient (Wildman–Crippen LogP) is 13.9. The highest BCUT2D eigenvalue weighted by atomic mass is 32.1. The number of thiophene rings is 1. The quantitative estimate of drug-likeness (QED) is 0.186. The summed E-state index contributed by atoms with van der Waals surface area (Å²) in [6.45, 7) is 0. The Bertz CT molecular complexity index is 2840. The fourth-order valence-electron chi connectivity index (χ4n) is 7.45. The first-order valence-corrected chi connectivity index (χ1v) is 17.4. The van der Waals surface area contributed by atoms with Gasteiger partial charge in [0, 0.05) is 42.2 Å². The third-order valence-electron chi connectivity index (χ3n) is 9.66. The van der Waals surface area contributed by atoms with Crippen LogP contribution in [0.4, 0.5) is 17.1 Å². The van der Waals surface area contributed by atoms with Crippen LogP contribution in [0.25, 0.3) is 75.1 Å². The van der Waals surface area contributed by atoms with Crippen LogP contribution in [0.5, 0.6) is 0 Å². The van der Waals surface area contributed by atoms with Crippen LogP contribution in [0.2, 0.25) is 0 Å². The first kappa shape index (κ1) is 27.9. The molecule has 49 heavy (non-hydrogen) atoms. The number of hydrogen-bond donors (Lipinski definition) is 0. The van der Waals surface area contributed by atoms with Gasteiger partial charge in [-0.05, 0) is 64.5 Å². The van der Waals surface area contributed by atoms with Gasteiger partial charge in [-0.15, -0.1) is 11.3 Å². The minimum atomic E-state index is 0.872. The van der Waals surface area contributed by atoms with Gasteiger partial charge in [-0.1, -0.05) is 133 Å². The smallest absolute Gasteiger partial charge is 0.143 e. The van der Waals surface area contributed by atoms with Crippen LogP contribution in [0.1, 0.15) is 0 Å². The molecule has 2 heterocycles. The third kappa shape index (κ3) is 4.47. The fourth-order valence-corrected chi connectivity index (χ4v) is 8.69. The molecule has 0 aliphatic carbocycles. The fraction of sp³-hybridized carbons (Fsp3) is 0. The lowest BCUT2D eigenvalue weighted by molar-refractivity contribution is 0.672. The highest BCUT2D eigenvalue weighted by molar-refractivity contribution is 7.26. The Morgan fingerprint density at radius 3 is 2.08 bits per heavy atom. The van der Waals surface area contributed by atoms with E-state index in [0.717, 1.165) is 50.0 Å². The maximum atomic E-state index is 6.69. The second-order valence-corrected chi connectivity index (χ2v) is 13.5. The third-order valence-corrected chi connectivity index (χ3v) is 10.9. The van der Waals surface area contributed by atoms with Crippen molar-refractivity contribution in [3.8, 4) is 22.3 Å². The summed E-state index contributed by atoms with van der Waals surface area (Å²) in [4.78, 5) is 2.42. The molecular weight excluding hydrogens is 615 g/mol. The van der Waals surface area contributed by atoms with Crippen molar-refractivity contribution < 1.29 is 4.42 Å². The zero-order valence-electron chi connectivity index (χ0n) is 26.5. The first-order valence-electron chi connectivity index (χ1n) is 16.6. The Morgan fingerprint density at radius 1 is 0.449 bits per heavy atom. The zero-order chi connectivity index (χ0) is 32.3. The summed E-state index contributed by atoms with van der Waals surface area (Å²) in [5.74, 6) is 0. The lowest BCUT2D eigenvalue weighted by Crippen LogP contribution is -2.11. The Morgan fingerprint density at radius 2 is 1.14 bits per heavy atom. The molecule has 0 N–H and O–H groups in total. The van der Waals surface area contributed by atoms with Gasteiger partial charge in [-0.2, -0.15) is 0 Å². The monoisotopic (exact) mass is 643 g/mol. The van der Waals surface area contributed by atoms with E-state index in [2.05, 4.69) is 181 Å². The van der Waals surface area contributed by atoms with Crippen LogP contribution in [-0.4, -0.2) is 0 Å². The van der Waals surface area contributed by atoms with Crippen LogP contribution in [-0.2, 0) is 0 Å². The minimum absolute atomic E-state index is 0.872. The Hall–Kier alpha value is -6.16. The maximum absolute atomic E-state index is 6.69. The van der Waals surface area contributed by atoms with Crippen LogP contribution in [0.3, 0.4) is 0 Å². The number of rotatable bonds is 5. The molecule has 3 heteroatoms. The summed E-state index contributed by atoms with van der Waals surface area (Å²) in [5.41, 5.74) is 9.82. The predicted molar refractivity (Wildman–Crippen MR) is 210 cm³/mol. The summed E-state index contributed by atoms with van der Waals surface area (Å²) in [5, 5.41) is 7.12. The van der Waals surface area contributed by atoms with Crippen molar-refractivity contribution in [2.45, 2.75) is 0 Å². The molecule has 0 aliphatic rings. The molecule has 0 radical (unpaired) electrons. The normalized spacial score (nSPS) is 11.7. The molecule has 0 fully saturated rings. The van der Waals surface area contributed by atoms with Gasteiger partial charge >= 0.3 is 0 Å². The second-order valence-electron chi connectivity index (χ2n) is 12.5. The molecule has 0 bridgehead atoms. The van der Waals surface area contributed by atoms with Crippen molar-refractivity contribution in [3.05, 3.63) is 176 Å². The van der Waals surface area contributed by atoms with Crippen molar-refractivity contribution in [3.63, 3.8) is 0 Å². The van der Waals surface area contributed by atoms with Gasteiger partial charge in [0.05, 0.1) is 16.8 Å². The van der Waals surface area contributed by atoms with Gasteiger partial charge in [0.2, 0.25) is 0 Å². The Labute approximate surface area is 287 Å². The number of nitrogens with zero attached hydrogens (tertiary/aromatic N) is 1. The highest BCUT2D eigenvalue weighted by Crippen LogP contribution is 2.48. The molecule has 0 aliphatic heterocycles. The van der Waals surface area contributed by atoms with Gasteiger partial charge in [0.1, 0.15) is 11.2 Å². The van der Waals surface area contributed by atoms with Crippen LogP contribution in [0, 0.1) is 0 Å². The van der Waals surface area contributed by atoms with Gasteiger partial charge in [-0.3, -0.25) is 0 Å². The molecule has 0 atom stereocenters. The van der Waals surface area contributed by atoms with Gasteiger partial charge in [0.25, 0.3) is 0 Å². The molecule has 8 aromatic carbocycles. The lowest BCUT2D eigenvalue weighted by atomic mass is 9.99. The van der Waals surface area contributed by atoms with Crippen molar-refractivity contribution >= 4 is 81.3 Å². The molecule has 2 aromatic heterocycles. The van der Waals surface area contributed by atoms with Crippen LogP contribution in [0.15, 0.2) is 180 Å². The molecule has 0 unspecified atom stereocenters. The van der Waals surface area contributed by atoms with Gasteiger partial charge in [0.15, 0.2) is 0 Å². The number of para-hydroxylation sites is 1.